The highest BCUT2D eigenvalue weighted by atomic mass is 32.2. The van der Waals surface area contributed by atoms with Crippen LogP contribution in [0.2, 0.25) is 0 Å². The fraction of sp³-hybridized carbons (Fsp3) is 0.355. The molecule has 3 rings (SSSR count). The number of sulfonamides is 1. The van der Waals surface area contributed by atoms with Gasteiger partial charge in [0.15, 0.2) is 0 Å². The second kappa shape index (κ2) is 13.4. The van der Waals surface area contributed by atoms with Crippen LogP contribution in [0.15, 0.2) is 83.8 Å². The lowest BCUT2D eigenvalue weighted by Crippen LogP contribution is -2.52. The van der Waals surface area contributed by atoms with E-state index in [1.807, 2.05) is 64.1 Å². The van der Waals surface area contributed by atoms with Crippen molar-refractivity contribution in [3.05, 3.63) is 95.6 Å². The molecule has 8 heteroatoms. The summed E-state index contributed by atoms with van der Waals surface area (Å²) >= 11 is 0. The Morgan fingerprint density at radius 1 is 0.872 bits per heavy atom. The third kappa shape index (κ3) is 7.69. The Morgan fingerprint density at radius 2 is 1.54 bits per heavy atom. The Labute approximate surface area is 232 Å². The minimum absolute atomic E-state index is 0.0529. The number of carbonyl (C=O) groups excluding carboxylic acids is 2. The summed E-state index contributed by atoms with van der Waals surface area (Å²) in [6.07, 6.45) is 1.55. The minimum Gasteiger partial charge on any atom is -0.352 e. The first-order valence-corrected chi connectivity index (χ1v) is 14.8. The van der Waals surface area contributed by atoms with Gasteiger partial charge in [0.25, 0.3) is 10.0 Å². The third-order valence-corrected chi connectivity index (χ3v) is 8.63. The maximum Gasteiger partial charge on any atom is 0.264 e. The molecule has 0 radical (unpaired) electrons. The fourth-order valence-electron chi connectivity index (χ4n) is 4.20. The Hall–Kier alpha value is -3.65. The molecule has 3 aromatic carbocycles. The molecule has 39 heavy (non-hydrogen) atoms. The molecule has 0 aliphatic carbocycles. The van der Waals surface area contributed by atoms with Gasteiger partial charge in [0.2, 0.25) is 11.8 Å². The summed E-state index contributed by atoms with van der Waals surface area (Å²) in [4.78, 5) is 28.6. The Kier molecular flexibility index (Phi) is 10.3. The van der Waals surface area contributed by atoms with Crippen LogP contribution >= 0.6 is 0 Å². The van der Waals surface area contributed by atoms with Crippen LogP contribution < -0.4 is 9.62 Å². The van der Waals surface area contributed by atoms with Crippen LogP contribution in [0.3, 0.4) is 0 Å². The van der Waals surface area contributed by atoms with Gasteiger partial charge in [0, 0.05) is 12.6 Å². The maximum absolute atomic E-state index is 14.0. The molecule has 0 fully saturated rings. The van der Waals surface area contributed by atoms with E-state index in [-0.39, 0.29) is 23.4 Å². The van der Waals surface area contributed by atoms with E-state index in [1.165, 1.54) is 17.0 Å². The Morgan fingerprint density at radius 3 is 2.13 bits per heavy atom. The number of hydrogen-bond acceptors (Lipinski definition) is 4. The molecule has 3 aromatic rings. The van der Waals surface area contributed by atoms with Crippen molar-refractivity contribution in [1.82, 2.24) is 10.2 Å². The first kappa shape index (κ1) is 29.9. The first-order chi connectivity index (χ1) is 18.6. The third-order valence-electron chi connectivity index (χ3n) is 6.85. The van der Waals surface area contributed by atoms with Crippen molar-refractivity contribution in [2.45, 2.75) is 71.0 Å². The SMILES string of the molecule is CCc1ccc(N(CC(=O)N(Cc2cccc(C)c2)[C@H](C)C(=O)N[C@@H](C)CC)S(=O)(=O)c2ccccc2)cc1. The molecule has 7 nitrogen and oxygen atoms in total. The highest BCUT2D eigenvalue weighted by Crippen LogP contribution is 2.25. The molecule has 0 saturated heterocycles. The first-order valence-electron chi connectivity index (χ1n) is 13.4. The van der Waals surface area contributed by atoms with Crippen LogP contribution in [-0.2, 0) is 32.6 Å². The molecule has 2 amide bonds. The molecule has 0 aliphatic heterocycles. The van der Waals surface area contributed by atoms with Crippen LogP contribution in [0, 0.1) is 6.92 Å². The van der Waals surface area contributed by atoms with E-state index in [2.05, 4.69) is 5.32 Å². The van der Waals surface area contributed by atoms with Crippen molar-refractivity contribution >= 4 is 27.5 Å². The van der Waals surface area contributed by atoms with Gasteiger partial charge in [-0.3, -0.25) is 13.9 Å². The summed E-state index contributed by atoms with van der Waals surface area (Å²) in [7, 11) is -4.07. The van der Waals surface area contributed by atoms with Crippen molar-refractivity contribution < 1.29 is 18.0 Å². The topological polar surface area (TPSA) is 86.8 Å². The second-order valence-electron chi connectivity index (χ2n) is 9.85. The zero-order valence-corrected chi connectivity index (χ0v) is 24.2. The van der Waals surface area contributed by atoms with Crippen molar-refractivity contribution in [1.29, 1.82) is 0 Å². The van der Waals surface area contributed by atoms with Crippen LogP contribution in [-0.4, -0.2) is 43.8 Å². The zero-order chi connectivity index (χ0) is 28.6. The molecule has 0 unspecified atom stereocenters. The summed E-state index contributed by atoms with van der Waals surface area (Å²) < 4.78 is 28.8. The quantitative estimate of drug-likeness (QED) is 0.341. The standard InChI is InChI=1S/C31H39N3O4S/c1-6-24(4)32-31(36)25(5)33(21-27-13-11-12-23(3)20-27)30(35)22-34(28-18-16-26(7-2)17-19-28)39(37,38)29-14-9-8-10-15-29/h8-20,24-25H,6-7,21-22H2,1-5H3,(H,32,36)/t24-,25+/m0/s1. The average Bonchev–Trinajstić information content (AvgIpc) is 2.94. The molecular formula is C31H39N3O4S. The number of anilines is 1. The van der Waals surface area contributed by atoms with E-state index in [0.29, 0.717) is 5.69 Å². The van der Waals surface area contributed by atoms with Crippen LogP contribution in [0.25, 0.3) is 0 Å². The van der Waals surface area contributed by atoms with Gasteiger partial charge in [0.1, 0.15) is 12.6 Å². The molecule has 0 spiro atoms. The van der Waals surface area contributed by atoms with Gasteiger partial charge in [-0.25, -0.2) is 8.42 Å². The lowest BCUT2D eigenvalue weighted by Gasteiger charge is -2.32. The summed E-state index contributed by atoms with van der Waals surface area (Å²) in [6, 6.07) is 22.1. The van der Waals surface area contributed by atoms with Crippen LogP contribution in [0.4, 0.5) is 5.69 Å². The van der Waals surface area contributed by atoms with Crippen LogP contribution in [0.1, 0.15) is 50.8 Å². The molecule has 0 bridgehead atoms. The summed E-state index contributed by atoms with van der Waals surface area (Å²) in [6.45, 7) is 9.26. The zero-order valence-electron chi connectivity index (χ0n) is 23.4. The van der Waals surface area contributed by atoms with E-state index in [9.17, 15) is 18.0 Å². The summed E-state index contributed by atoms with van der Waals surface area (Å²) in [5, 5.41) is 2.95. The van der Waals surface area contributed by atoms with Gasteiger partial charge in [-0.15, -0.1) is 0 Å². The van der Waals surface area contributed by atoms with Crippen molar-refractivity contribution in [3.63, 3.8) is 0 Å². The molecule has 0 heterocycles. The van der Waals surface area contributed by atoms with Gasteiger partial charge in [-0.05, 0) is 69.0 Å². The van der Waals surface area contributed by atoms with Gasteiger partial charge in [-0.1, -0.05) is 74.0 Å². The predicted octanol–water partition coefficient (Wildman–Crippen LogP) is 5.08. The Bertz CT molecular complexity index is 1360. The van der Waals surface area contributed by atoms with E-state index < -0.39 is 28.5 Å². The van der Waals surface area contributed by atoms with Crippen molar-refractivity contribution in [2.75, 3.05) is 10.8 Å². The number of benzene rings is 3. The highest BCUT2D eigenvalue weighted by molar-refractivity contribution is 7.92. The van der Waals surface area contributed by atoms with Gasteiger partial charge in [0.05, 0.1) is 10.6 Å². The minimum atomic E-state index is -4.07. The van der Waals surface area contributed by atoms with E-state index in [0.717, 1.165) is 33.8 Å². The largest absolute Gasteiger partial charge is 0.352 e. The monoisotopic (exact) mass is 549 g/mol. The molecule has 0 aliphatic rings. The molecule has 1 N–H and O–H groups in total. The number of nitrogens with one attached hydrogen (secondary N) is 1. The lowest BCUT2D eigenvalue weighted by atomic mass is 10.1. The molecular weight excluding hydrogens is 510 g/mol. The van der Waals surface area contributed by atoms with Gasteiger partial charge in [-0.2, -0.15) is 0 Å². The molecule has 0 saturated carbocycles. The van der Waals surface area contributed by atoms with Crippen molar-refractivity contribution in [3.8, 4) is 0 Å². The number of amides is 2. The predicted molar refractivity (Wildman–Crippen MR) is 156 cm³/mol. The summed E-state index contributed by atoms with van der Waals surface area (Å²) in [5.41, 5.74) is 3.33. The van der Waals surface area contributed by atoms with Crippen molar-refractivity contribution in [2.24, 2.45) is 0 Å². The highest BCUT2D eigenvalue weighted by Gasteiger charge is 2.32. The molecule has 208 valence electrons. The second-order valence-corrected chi connectivity index (χ2v) is 11.7. The number of carbonyl (C=O) groups is 2. The molecule has 0 aromatic heterocycles. The number of hydrogen-bond donors (Lipinski definition) is 1. The lowest BCUT2D eigenvalue weighted by molar-refractivity contribution is -0.139. The fourth-order valence-corrected chi connectivity index (χ4v) is 5.64. The average molecular weight is 550 g/mol. The smallest absolute Gasteiger partial charge is 0.264 e. The number of nitrogens with zero attached hydrogens (tertiary/aromatic N) is 2. The number of aryl methyl sites for hydroxylation is 2. The van der Waals surface area contributed by atoms with E-state index >= 15 is 0 Å². The number of rotatable bonds is 12. The van der Waals surface area contributed by atoms with E-state index in [4.69, 9.17) is 0 Å². The van der Waals surface area contributed by atoms with Gasteiger partial charge < -0.3 is 10.2 Å². The van der Waals surface area contributed by atoms with E-state index in [1.54, 1.807) is 37.3 Å². The Balaban J connectivity index is 2.02. The maximum atomic E-state index is 14.0. The van der Waals surface area contributed by atoms with Crippen LogP contribution in [0.5, 0.6) is 0 Å². The normalized spacial score (nSPS) is 12.8. The van der Waals surface area contributed by atoms with Gasteiger partial charge >= 0.3 is 0 Å². The molecule has 2 atom stereocenters. The summed E-state index contributed by atoms with van der Waals surface area (Å²) in [5.74, 6) is -0.752.